The Morgan fingerprint density at radius 2 is 1.88 bits per heavy atom. The first-order chi connectivity index (χ1) is 12.4. The average molecular weight is 389 g/mol. The molecule has 0 unspecified atom stereocenters. The smallest absolute Gasteiger partial charge is 0.348 e. The number of nitrogens with zero attached hydrogens (tertiary/aromatic N) is 1. The Kier molecular flexibility index (Phi) is 6.79. The topological polar surface area (TPSA) is 79.2 Å². The van der Waals surface area contributed by atoms with E-state index in [2.05, 4.69) is 5.32 Å². The molecule has 0 fully saturated rings. The van der Waals surface area contributed by atoms with Gasteiger partial charge in [0.15, 0.2) is 0 Å². The number of rotatable bonds is 5. The van der Waals surface area contributed by atoms with Crippen LogP contribution in [0.25, 0.3) is 6.08 Å². The van der Waals surface area contributed by atoms with Gasteiger partial charge in [-0.05, 0) is 48.9 Å². The number of nitrogens with one attached hydrogen (secondary N) is 1. The fourth-order valence-electron chi connectivity index (χ4n) is 2.05. The molecule has 2 aromatic rings. The normalized spacial score (nSPS) is 10.8. The summed E-state index contributed by atoms with van der Waals surface area (Å²) in [5, 5.41) is 12.4. The lowest BCUT2D eigenvalue weighted by molar-refractivity contribution is -0.137. The van der Waals surface area contributed by atoms with Crippen molar-refractivity contribution in [1.82, 2.24) is 0 Å². The highest BCUT2D eigenvalue weighted by Gasteiger charge is 2.12. The van der Waals surface area contributed by atoms with Crippen LogP contribution < -0.4 is 5.32 Å². The number of benzene rings is 2. The first-order valence-electron chi connectivity index (χ1n) is 7.60. The predicted molar refractivity (Wildman–Crippen MR) is 101 cm³/mol. The molecule has 1 N–H and O–H groups in total. The number of anilines is 1. The summed E-state index contributed by atoms with van der Waals surface area (Å²) in [6.45, 7) is 1.85. The van der Waals surface area contributed by atoms with Crippen molar-refractivity contribution in [2.24, 2.45) is 0 Å². The van der Waals surface area contributed by atoms with Crippen molar-refractivity contribution in [3.63, 3.8) is 0 Å². The van der Waals surface area contributed by atoms with Crippen LogP contribution in [0.5, 0.6) is 0 Å². The minimum Gasteiger partial charge on any atom is -0.462 e. The van der Waals surface area contributed by atoms with E-state index >= 15 is 0 Å². The molecule has 5 nitrogen and oxygen atoms in total. The maximum absolute atomic E-state index is 12.3. The largest absolute Gasteiger partial charge is 0.462 e. The Balaban J connectivity index is 2.13. The Labute approximate surface area is 160 Å². The SMILES string of the molecule is CCOC(=O)/C(C#N)=C/c1ccc(NC(=O)c2ccc(Cl)cc2Cl)cc1. The van der Waals surface area contributed by atoms with Crippen LogP contribution in [0.1, 0.15) is 22.8 Å². The standard InChI is InChI=1S/C19H14Cl2N2O3/c1-2-26-19(25)13(11-22)9-12-3-6-15(7-4-12)23-18(24)16-8-5-14(20)10-17(16)21/h3-10H,2H2,1H3,(H,23,24)/b13-9+. The molecule has 0 aliphatic carbocycles. The molecule has 2 rings (SSSR count). The van der Waals surface area contributed by atoms with Gasteiger partial charge in [0, 0.05) is 10.7 Å². The zero-order valence-electron chi connectivity index (χ0n) is 13.8. The minimum absolute atomic E-state index is 0.100. The summed E-state index contributed by atoms with van der Waals surface area (Å²) >= 11 is 11.8. The molecule has 0 saturated carbocycles. The second-order valence-electron chi connectivity index (χ2n) is 5.09. The third kappa shape index (κ3) is 5.09. The van der Waals surface area contributed by atoms with E-state index in [1.165, 1.54) is 18.2 Å². The molecule has 1 amide bonds. The van der Waals surface area contributed by atoms with E-state index in [1.54, 1.807) is 43.3 Å². The fourth-order valence-corrected chi connectivity index (χ4v) is 2.54. The van der Waals surface area contributed by atoms with Gasteiger partial charge in [-0.15, -0.1) is 0 Å². The number of nitriles is 1. The molecular formula is C19H14Cl2N2O3. The highest BCUT2D eigenvalue weighted by atomic mass is 35.5. The number of esters is 1. The first kappa shape index (κ1) is 19.5. The molecule has 0 spiro atoms. The van der Waals surface area contributed by atoms with Crippen LogP contribution in [0, 0.1) is 11.3 Å². The second kappa shape index (κ2) is 9.04. The molecule has 2 aromatic carbocycles. The van der Waals surface area contributed by atoms with Crippen LogP contribution in [-0.2, 0) is 9.53 Å². The van der Waals surface area contributed by atoms with Crippen LogP contribution in [0.4, 0.5) is 5.69 Å². The summed E-state index contributed by atoms with van der Waals surface area (Å²) in [6.07, 6.45) is 1.42. The summed E-state index contributed by atoms with van der Waals surface area (Å²) in [6, 6.07) is 13.0. The summed E-state index contributed by atoms with van der Waals surface area (Å²) in [7, 11) is 0. The van der Waals surface area contributed by atoms with E-state index < -0.39 is 5.97 Å². The van der Waals surface area contributed by atoms with Gasteiger partial charge in [-0.25, -0.2) is 4.79 Å². The van der Waals surface area contributed by atoms with Crippen molar-refractivity contribution in [2.45, 2.75) is 6.92 Å². The lowest BCUT2D eigenvalue weighted by Gasteiger charge is -2.07. The molecule has 0 radical (unpaired) electrons. The van der Waals surface area contributed by atoms with Gasteiger partial charge in [0.25, 0.3) is 5.91 Å². The van der Waals surface area contributed by atoms with Crippen molar-refractivity contribution in [2.75, 3.05) is 11.9 Å². The Morgan fingerprint density at radius 3 is 2.46 bits per heavy atom. The van der Waals surface area contributed by atoms with Gasteiger partial charge in [0.2, 0.25) is 0 Å². The van der Waals surface area contributed by atoms with Gasteiger partial charge >= 0.3 is 5.97 Å². The van der Waals surface area contributed by atoms with Crippen LogP contribution in [0.15, 0.2) is 48.0 Å². The highest BCUT2D eigenvalue weighted by molar-refractivity contribution is 6.37. The molecule has 0 aliphatic heterocycles. The van der Waals surface area contributed by atoms with Gasteiger partial charge in [-0.1, -0.05) is 35.3 Å². The van der Waals surface area contributed by atoms with Gasteiger partial charge in [-0.2, -0.15) is 5.26 Å². The zero-order chi connectivity index (χ0) is 19.1. The molecule has 0 aliphatic rings. The number of carbonyl (C=O) groups is 2. The van der Waals surface area contributed by atoms with Gasteiger partial charge in [0.1, 0.15) is 11.6 Å². The third-order valence-electron chi connectivity index (χ3n) is 3.27. The van der Waals surface area contributed by atoms with Crippen LogP contribution in [0.3, 0.4) is 0 Å². The van der Waals surface area contributed by atoms with Gasteiger partial charge < -0.3 is 10.1 Å². The monoisotopic (exact) mass is 388 g/mol. The van der Waals surface area contributed by atoms with E-state index in [9.17, 15) is 9.59 Å². The van der Waals surface area contributed by atoms with E-state index in [-0.39, 0.29) is 23.1 Å². The van der Waals surface area contributed by atoms with Crippen molar-refractivity contribution in [1.29, 1.82) is 5.26 Å². The number of hydrogen-bond acceptors (Lipinski definition) is 4. The van der Waals surface area contributed by atoms with E-state index in [0.29, 0.717) is 21.8 Å². The van der Waals surface area contributed by atoms with Crippen molar-refractivity contribution < 1.29 is 14.3 Å². The van der Waals surface area contributed by atoms with Crippen molar-refractivity contribution >= 4 is 46.8 Å². The Morgan fingerprint density at radius 1 is 1.19 bits per heavy atom. The molecule has 0 atom stereocenters. The average Bonchev–Trinajstić information content (AvgIpc) is 2.61. The number of ether oxygens (including phenoxy) is 1. The lowest BCUT2D eigenvalue weighted by atomic mass is 10.1. The number of hydrogen-bond donors (Lipinski definition) is 1. The van der Waals surface area contributed by atoms with Crippen molar-refractivity contribution in [3.05, 3.63) is 69.2 Å². The summed E-state index contributed by atoms with van der Waals surface area (Å²) in [5.41, 5.74) is 1.36. The molecule has 7 heteroatoms. The molecule has 0 aromatic heterocycles. The molecule has 0 heterocycles. The number of amides is 1. The fraction of sp³-hybridized carbons (Fsp3) is 0.105. The van der Waals surface area contributed by atoms with E-state index in [0.717, 1.165) is 0 Å². The van der Waals surface area contributed by atoms with Crippen molar-refractivity contribution in [3.8, 4) is 6.07 Å². The Hall–Kier alpha value is -2.81. The highest BCUT2D eigenvalue weighted by Crippen LogP contribution is 2.22. The quantitative estimate of drug-likeness (QED) is 0.456. The predicted octanol–water partition coefficient (Wildman–Crippen LogP) is 4.72. The van der Waals surface area contributed by atoms with Crippen LogP contribution >= 0.6 is 23.2 Å². The van der Waals surface area contributed by atoms with Gasteiger partial charge in [0.05, 0.1) is 17.2 Å². The molecule has 0 saturated heterocycles. The minimum atomic E-state index is -0.676. The molecule has 132 valence electrons. The third-order valence-corrected chi connectivity index (χ3v) is 3.82. The van der Waals surface area contributed by atoms with Crippen LogP contribution in [-0.4, -0.2) is 18.5 Å². The maximum Gasteiger partial charge on any atom is 0.348 e. The maximum atomic E-state index is 12.3. The van der Waals surface area contributed by atoms with Gasteiger partial charge in [-0.3, -0.25) is 4.79 Å². The molecule has 0 bridgehead atoms. The summed E-state index contributed by atoms with van der Waals surface area (Å²) in [5.74, 6) is -1.05. The number of carbonyl (C=O) groups excluding carboxylic acids is 2. The zero-order valence-corrected chi connectivity index (χ0v) is 15.3. The van der Waals surface area contributed by atoms with E-state index in [4.69, 9.17) is 33.2 Å². The number of halogens is 2. The Bertz CT molecular complexity index is 900. The lowest BCUT2D eigenvalue weighted by Crippen LogP contribution is -2.12. The summed E-state index contributed by atoms with van der Waals surface area (Å²) < 4.78 is 4.80. The first-order valence-corrected chi connectivity index (χ1v) is 8.35. The second-order valence-corrected chi connectivity index (χ2v) is 5.93. The van der Waals surface area contributed by atoms with Crippen LogP contribution in [0.2, 0.25) is 10.0 Å². The molecule has 26 heavy (non-hydrogen) atoms. The summed E-state index contributed by atoms with van der Waals surface area (Å²) in [4.78, 5) is 23.9. The molecular weight excluding hydrogens is 375 g/mol. The van der Waals surface area contributed by atoms with E-state index in [1.807, 2.05) is 0 Å².